The molecule has 0 aliphatic heterocycles. The van der Waals surface area contributed by atoms with Gasteiger partial charge in [-0.15, -0.1) is 11.3 Å². The molecular formula is C14H13N3S. The van der Waals surface area contributed by atoms with Crippen molar-refractivity contribution in [1.29, 1.82) is 0 Å². The summed E-state index contributed by atoms with van der Waals surface area (Å²) in [5.41, 5.74) is 15.2. The largest absolute Gasteiger partial charge is 0.396 e. The number of hydrogen-bond donors (Lipinski definition) is 2. The quantitative estimate of drug-likeness (QED) is 0.739. The van der Waals surface area contributed by atoms with Crippen LogP contribution in [0.5, 0.6) is 0 Å². The zero-order chi connectivity index (χ0) is 12.5. The second-order valence-electron chi connectivity index (χ2n) is 4.16. The minimum Gasteiger partial charge on any atom is -0.396 e. The van der Waals surface area contributed by atoms with E-state index < -0.39 is 0 Å². The van der Waals surface area contributed by atoms with Gasteiger partial charge < -0.3 is 11.5 Å². The smallest absolute Gasteiger partial charge is 0.0777 e. The van der Waals surface area contributed by atoms with Crippen LogP contribution in [-0.4, -0.2) is 4.98 Å². The minimum absolute atomic E-state index is 0.599. The molecule has 3 rings (SSSR count). The topological polar surface area (TPSA) is 64.9 Å². The Hall–Kier alpha value is -2.07. The second-order valence-corrected chi connectivity index (χ2v) is 5.19. The van der Waals surface area contributed by atoms with Crippen LogP contribution in [0.15, 0.2) is 41.8 Å². The molecule has 0 saturated carbocycles. The first-order chi connectivity index (χ1) is 8.75. The SMILES string of the molecule is Nc1c(Cc2cccs2)nc2ccccc2c1N. The van der Waals surface area contributed by atoms with Gasteiger partial charge in [-0.25, -0.2) is 0 Å². The Morgan fingerprint density at radius 3 is 2.61 bits per heavy atom. The first kappa shape index (κ1) is 11.0. The van der Waals surface area contributed by atoms with Gasteiger partial charge in [-0.1, -0.05) is 24.3 Å². The van der Waals surface area contributed by atoms with E-state index in [2.05, 4.69) is 16.4 Å². The summed E-state index contributed by atoms with van der Waals surface area (Å²) in [6.45, 7) is 0. The van der Waals surface area contributed by atoms with E-state index in [0.717, 1.165) is 23.0 Å². The Balaban J connectivity index is 2.15. The van der Waals surface area contributed by atoms with Gasteiger partial charge in [0, 0.05) is 16.7 Å². The number of benzene rings is 1. The average molecular weight is 255 g/mol. The summed E-state index contributed by atoms with van der Waals surface area (Å²) < 4.78 is 0. The Bertz CT molecular complexity index is 690. The van der Waals surface area contributed by atoms with Crippen LogP contribution in [0.25, 0.3) is 10.9 Å². The van der Waals surface area contributed by atoms with E-state index in [1.54, 1.807) is 11.3 Å². The fourth-order valence-electron chi connectivity index (χ4n) is 2.02. The van der Waals surface area contributed by atoms with Gasteiger partial charge in [0.05, 0.1) is 22.6 Å². The van der Waals surface area contributed by atoms with Crippen molar-refractivity contribution in [1.82, 2.24) is 4.98 Å². The van der Waals surface area contributed by atoms with Crippen LogP contribution < -0.4 is 11.5 Å². The van der Waals surface area contributed by atoms with Crippen LogP contribution >= 0.6 is 11.3 Å². The van der Waals surface area contributed by atoms with Gasteiger partial charge in [0.25, 0.3) is 0 Å². The molecule has 0 radical (unpaired) electrons. The first-order valence-electron chi connectivity index (χ1n) is 5.70. The number of nitrogens with two attached hydrogens (primary N) is 2. The number of aromatic nitrogens is 1. The van der Waals surface area contributed by atoms with Gasteiger partial charge >= 0.3 is 0 Å². The van der Waals surface area contributed by atoms with Crippen LogP contribution in [0.2, 0.25) is 0 Å². The highest BCUT2D eigenvalue weighted by Gasteiger charge is 2.10. The lowest BCUT2D eigenvalue weighted by molar-refractivity contribution is 1.13. The maximum atomic E-state index is 6.09. The number of fused-ring (bicyclic) bond motifs is 1. The molecule has 1 aromatic carbocycles. The molecule has 0 unspecified atom stereocenters. The van der Waals surface area contributed by atoms with Crippen molar-refractivity contribution in [3.8, 4) is 0 Å². The number of nitrogens with zero attached hydrogens (tertiary/aromatic N) is 1. The standard InChI is InChI=1S/C14H13N3S/c15-13-10-5-1-2-6-11(10)17-12(14(13)16)8-9-4-3-7-18-9/h1-7H,8,16H2,(H2,15,17). The summed E-state index contributed by atoms with van der Waals surface area (Å²) >= 11 is 1.70. The summed E-state index contributed by atoms with van der Waals surface area (Å²) in [5, 5.41) is 2.97. The van der Waals surface area contributed by atoms with Gasteiger partial charge in [-0.3, -0.25) is 4.98 Å². The molecule has 0 saturated heterocycles. The molecule has 0 fully saturated rings. The van der Waals surface area contributed by atoms with E-state index in [4.69, 9.17) is 11.5 Å². The highest BCUT2D eigenvalue weighted by atomic mass is 32.1. The molecule has 0 bridgehead atoms. The predicted octanol–water partition coefficient (Wildman–Crippen LogP) is 3.05. The molecule has 2 heterocycles. The number of nitrogen functional groups attached to an aromatic ring is 2. The second kappa shape index (κ2) is 4.31. The lowest BCUT2D eigenvalue weighted by Gasteiger charge is -2.10. The van der Waals surface area contributed by atoms with Crippen LogP contribution in [0, 0.1) is 0 Å². The highest BCUT2D eigenvalue weighted by molar-refractivity contribution is 7.09. The third-order valence-corrected chi connectivity index (χ3v) is 3.85. The summed E-state index contributed by atoms with van der Waals surface area (Å²) in [6, 6.07) is 11.9. The maximum absolute atomic E-state index is 6.09. The molecule has 2 aromatic heterocycles. The van der Waals surface area contributed by atoms with E-state index >= 15 is 0 Å². The zero-order valence-corrected chi connectivity index (χ0v) is 10.6. The lowest BCUT2D eigenvalue weighted by Crippen LogP contribution is -2.04. The van der Waals surface area contributed by atoms with E-state index in [9.17, 15) is 0 Å². The van der Waals surface area contributed by atoms with Gasteiger partial charge in [0.15, 0.2) is 0 Å². The fourth-order valence-corrected chi connectivity index (χ4v) is 2.73. The number of pyridine rings is 1. The monoisotopic (exact) mass is 255 g/mol. The number of thiophene rings is 1. The minimum atomic E-state index is 0.599. The summed E-state index contributed by atoms with van der Waals surface area (Å²) in [5.74, 6) is 0. The van der Waals surface area contributed by atoms with E-state index in [0.29, 0.717) is 11.4 Å². The third kappa shape index (κ3) is 1.80. The van der Waals surface area contributed by atoms with E-state index in [-0.39, 0.29) is 0 Å². The summed E-state index contributed by atoms with van der Waals surface area (Å²) in [7, 11) is 0. The molecule has 0 spiro atoms. The van der Waals surface area contributed by atoms with Gasteiger partial charge in [0.2, 0.25) is 0 Å². The third-order valence-electron chi connectivity index (χ3n) is 2.97. The molecule has 3 aromatic rings. The van der Waals surface area contributed by atoms with Crippen LogP contribution in [-0.2, 0) is 6.42 Å². The highest BCUT2D eigenvalue weighted by Crippen LogP contribution is 2.29. The number of anilines is 2. The molecule has 90 valence electrons. The van der Waals surface area contributed by atoms with Gasteiger partial charge in [-0.05, 0) is 17.5 Å². The Morgan fingerprint density at radius 1 is 1.00 bits per heavy atom. The summed E-state index contributed by atoms with van der Waals surface area (Å²) in [6.07, 6.45) is 0.735. The first-order valence-corrected chi connectivity index (χ1v) is 6.58. The van der Waals surface area contributed by atoms with Crippen molar-refractivity contribution in [3.63, 3.8) is 0 Å². The van der Waals surface area contributed by atoms with Crippen LogP contribution in [0.1, 0.15) is 10.6 Å². The summed E-state index contributed by atoms with van der Waals surface area (Å²) in [4.78, 5) is 5.85. The van der Waals surface area contributed by atoms with Crippen molar-refractivity contribution < 1.29 is 0 Å². The Labute approximate surface area is 109 Å². The maximum Gasteiger partial charge on any atom is 0.0777 e. The van der Waals surface area contributed by atoms with E-state index in [1.165, 1.54) is 4.88 Å². The zero-order valence-electron chi connectivity index (χ0n) is 9.76. The number of hydrogen-bond acceptors (Lipinski definition) is 4. The van der Waals surface area contributed by atoms with Crippen molar-refractivity contribution in [3.05, 3.63) is 52.3 Å². The molecule has 0 aliphatic carbocycles. The van der Waals surface area contributed by atoms with Crippen molar-refractivity contribution in [2.45, 2.75) is 6.42 Å². The van der Waals surface area contributed by atoms with Crippen molar-refractivity contribution in [2.24, 2.45) is 0 Å². The molecule has 4 heteroatoms. The molecule has 3 nitrogen and oxygen atoms in total. The van der Waals surface area contributed by atoms with Crippen molar-refractivity contribution >= 4 is 33.6 Å². The van der Waals surface area contributed by atoms with Crippen LogP contribution in [0.3, 0.4) is 0 Å². The Morgan fingerprint density at radius 2 is 1.83 bits per heavy atom. The van der Waals surface area contributed by atoms with E-state index in [1.807, 2.05) is 30.3 Å². The fraction of sp³-hybridized carbons (Fsp3) is 0.0714. The lowest BCUT2D eigenvalue weighted by atomic mass is 10.1. The van der Waals surface area contributed by atoms with Crippen LogP contribution in [0.4, 0.5) is 11.4 Å². The van der Waals surface area contributed by atoms with Crippen molar-refractivity contribution in [2.75, 3.05) is 11.5 Å². The van der Waals surface area contributed by atoms with Gasteiger partial charge in [0.1, 0.15) is 0 Å². The number of rotatable bonds is 2. The average Bonchev–Trinajstić information content (AvgIpc) is 2.89. The van der Waals surface area contributed by atoms with Gasteiger partial charge in [-0.2, -0.15) is 0 Å². The molecule has 4 N–H and O–H groups in total. The Kier molecular flexibility index (Phi) is 2.64. The molecule has 0 aliphatic rings. The molecule has 0 amide bonds. The predicted molar refractivity (Wildman–Crippen MR) is 77.7 cm³/mol. The number of para-hydroxylation sites is 1. The molecular weight excluding hydrogens is 242 g/mol. The molecule has 0 atom stereocenters. The molecule has 18 heavy (non-hydrogen) atoms. The normalized spacial score (nSPS) is 10.9.